The number of benzene rings is 2. The number of hydrogen-bond acceptors (Lipinski definition) is 5. The van der Waals surface area contributed by atoms with E-state index in [0.29, 0.717) is 37.2 Å². The molecule has 7 heteroatoms. The molecular formula is C24H26N2O5. The van der Waals surface area contributed by atoms with Crippen LogP contribution in [-0.2, 0) is 4.79 Å². The molecule has 0 spiro atoms. The molecule has 31 heavy (non-hydrogen) atoms. The molecule has 0 saturated carbocycles. The van der Waals surface area contributed by atoms with E-state index in [9.17, 15) is 19.5 Å². The second-order valence-electron chi connectivity index (χ2n) is 8.23. The van der Waals surface area contributed by atoms with Gasteiger partial charge in [0.05, 0.1) is 24.3 Å². The van der Waals surface area contributed by atoms with Crippen molar-refractivity contribution >= 4 is 17.7 Å². The molecule has 1 saturated heterocycles. The summed E-state index contributed by atoms with van der Waals surface area (Å²) in [4.78, 5) is 40.8. The van der Waals surface area contributed by atoms with E-state index >= 15 is 0 Å². The van der Waals surface area contributed by atoms with Crippen molar-refractivity contribution in [3.8, 4) is 5.75 Å². The van der Waals surface area contributed by atoms with Crippen molar-refractivity contribution < 1.29 is 24.2 Å². The molecule has 0 aromatic heterocycles. The van der Waals surface area contributed by atoms with Gasteiger partial charge in [-0.3, -0.25) is 19.3 Å². The summed E-state index contributed by atoms with van der Waals surface area (Å²) >= 11 is 0. The number of rotatable bonds is 7. The number of aliphatic hydroxyl groups excluding tert-OH is 1. The molecule has 2 heterocycles. The number of carbonyl (C=O) groups is 3. The first kappa shape index (κ1) is 21.1. The molecule has 0 radical (unpaired) electrons. The summed E-state index contributed by atoms with van der Waals surface area (Å²) in [6.07, 6.45) is 2.15. The zero-order valence-corrected chi connectivity index (χ0v) is 17.3. The molecule has 0 aliphatic carbocycles. The van der Waals surface area contributed by atoms with E-state index in [2.05, 4.69) is 0 Å². The van der Waals surface area contributed by atoms with Gasteiger partial charge in [-0.2, -0.15) is 0 Å². The fourth-order valence-electron chi connectivity index (χ4n) is 4.35. The number of piperidine rings is 1. The molecule has 3 amide bonds. The van der Waals surface area contributed by atoms with Crippen LogP contribution in [-0.4, -0.2) is 65.5 Å². The van der Waals surface area contributed by atoms with Gasteiger partial charge in [-0.15, -0.1) is 0 Å². The summed E-state index contributed by atoms with van der Waals surface area (Å²) in [7, 11) is 0. The molecule has 0 bridgehead atoms. The monoisotopic (exact) mass is 422 g/mol. The van der Waals surface area contributed by atoms with Crippen LogP contribution in [0.15, 0.2) is 54.6 Å². The predicted octanol–water partition coefficient (Wildman–Crippen LogP) is 2.35. The number of amides is 3. The molecular weight excluding hydrogens is 396 g/mol. The van der Waals surface area contributed by atoms with E-state index in [0.717, 1.165) is 23.5 Å². The van der Waals surface area contributed by atoms with Crippen LogP contribution in [0.2, 0.25) is 0 Å². The number of aliphatic hydroxyl groups is 1. The maximum Gasteiger partial charge on any atom is 0.262 e. The lowest BCUT2D eigenvalue weighted by molar-refractivity contribution is -0.136. The van der Waals surface area contributed by atoms with Crippen LogP contribution in [0.5, 0.6) is 5.75 Å². The van der Waals surface area contributed by atoms with E-state index in [1.807, 2.05) is 30.3 Å². The second-order valence-corrected chi connectivity index (χ2v) is 8.23. The molecule has 2 aliphatic heterocycles. The Kier molecular flexibility index (Phi) is 6.04. The van der Waals surface area contributed by atoms with Crippen molar-refractivity contribution in [2.75, 3.05) is 32.8 Å². The highest BCUT2D eigenvalue weighted by atomic mass is 16.5. The van der Waals surface area contributed by atoms with Crippen molar-refractivity contribution in [1.29, 1.82) is 0 Å². The minimum atomic E-state index is -0.454. The van der Waals surface area contributed by atoms with Crippen LogP contribution in [0.1, 0.15) is 40.0 Å². The van der Waals surface area contributed by atoms with Crippen LogP contribution in [0, 0.1) is 5.41 Å². The number of nitrogens with zero attached hydrogens (tertiary/aromatic N) is 2. The van der Waals surface area contributed by atoms with Gasteiger partial charge in [0.2, 0.25) is 5.91 Å². The van der Waals surface area contributed by atoms with Crippen LogP contribution in [0.4, 0.5) is 0 Å². The highest BCUT2D eigenvalue weighted by Gasteiger charge is 2.40. The SMILES string of the molecule is O=C(CN1C(=O)c2ccccc2C1=O)N1CCC[C@@](CO)(CCOc2ccccc2)C1. The first-order valence-electron chi connectivity index (χ1n) is 10.5. The standard InChI is InChI=1S/C24H26N2O5/c27-17-24(12-14-31-18-7-2-1-3-8-18)11-6-13-25(16-24)21(28)15-26-22(29)19-9-4-5-10-20(19)23(26)30/h1-5,7-10,27H,6,11-17H2/t24-/m1/s1. The zero-order valence-electron chi connectivity index (χ0n) is 17.3. The number of ether oxygens (including phenoxy) is 1. The normalized spacial score (nSPS) is 20.7. The fraction of sp³-hybridized carbons (Fsp3) is 0.375. The molecule has 162 valence electrons. The van der Waals surface area contributed by atoms with Crippen LogP contribution in [0.25, 0.3) is 0 Å². The first-order chi connectivity index (χ1) is 15.0. The Morgan fingerprint density at radius 1 is 1.00 bits per heavy atom. The third kappa shape index (κ3) is 4.32. The Labute approximate surface area is 181 Å². The molecule has 2 aromatic carbocycles. The van der Waals surface area contributed by atoms with Crippen LogP contribution in [0.3, 0.4) is 0 Å². The van der Waals surface area contributed by atoms with Crippen molar-refractivity contribution in [2.45, 2.75) is 19.3 Å². The van der Waals surface area contributed by atoms with Gasteiger partial charge in [0, 0.05) is 18.5 Å². The Hall–Kier alpha value is -3.19. The quantitative estimate of drug-likeness (QED) is 0.692. The maximum atomic E-state index is 13.0. The van der Waals surface area contributed by atoms with Gasteiger partial charge in [0.1, 0.15) is 12.3 Å². The zero-order chi connectivity index (χ0) is 21.8. The predicted molar refractivity (Wildman–Crippen MR) is 114 cm³/mol. The average molecular weight is 422 g/mol. The lowest BCUT2D eigenvalue weighted by atomic mass is 9.78. The Bertz CT molecular complexity index is 942. The molecule has 0 unspecified atom stereocenters. The summed E-state index contributed by atoms with van der Waals surface area (Å²) < 4.78 is 5.79. The smallest absolute Gasteiger partial charge is 0.262 e. The number of carbonyl (C=O) groups excluding carboxylic acids is 3. The van der Waals surface area contributed by atoms with E-state index in [-0.39, 0.29) is 19.1 Å². The summed E-state index contributed by atoms with van der Waals surface area (Å²) in [5, 5.41) is 10.1. The highest BCUT2D eigenvalue weighted by Crippen LogP contribution is 2.34. The van der Waals surface area contributed by atoms with Gasteiger partial charge in [-0.05, 0) is 43.5 Å². The molecule has 1 atom stereocenters. The van der Waals surface area contributed by atoms with Crippen LogP contribution >= 0.6 is 0 Å². The number of para-hydroxylation sites is 1. The van der Waals surface area contributed by atoms with Gasteiger partial charge < -0.3 is 14.7 Å². The van der Waals surface area contributed by atoms with E-state index in [1.165, 1.54) is 0 Å². The molecule has 7 nitrogen and oxygen atoms in total. The van der Waals surface area contributed by atoms with Gasteiger partial charge in [-0.25, -0.2) is 0 Å². The number of hydrogen-bond donors (Lipinski definition) is 1. The molecule has 1 N–H and O–H groups in total. The summed E-state index contributed by atoms with van der Waals surface area (Å²) in [5.41, 5.74) is 0.216. The summed E-state index contributed by atoms with van der Waals surface area (Å²) in [6.45, 7) is 1.02. The summed E-state index contributed by atoms with van der Waals surface area (Å²) in [6, 6.07) is 16.1. The first-order valence-corrected chi connectivity index (χ1v) is 10.5. The third-order valence-corrected chi connectivity index (χ3v) is 6.17. The van der Waals surface area contributed by atoms with Crippen LogP contribution < -0.4 is 4.74 Å². The molecule has 2 aliphatic rings. The van der Waals surface area contributed by atoms with Crippen molar-refractivity contribution in [3.63, 3.8) is 0 Å². The number of likely N-dealkylation sites (tertiary alicyclic amines) is 1. The van der Waals surface area contributed by atoms with E-state index in [4.69, 9.17) is 4.74 Å². The Morgan fingerprint density at radius 2 is 1.65 bits per heavy atom. The highest BCUT2D eigenvalue weighted by molar-refractivity contribution is 6.22. The van der Waals surface area contributed by atoms with Gasteiger partial charge >= 0.3 is 0 Å². The van der Waals surface area contributed by atoms with Gasteiger partial charge in [-0.1, -0.05) is 30.3 Å². The van der Waals surface area contributed by atoms with Gasteiger partial charge in [0.25, 0.3) is 11.8 Å². The minimum absolute atomic E-state index is 0.0536. The number of fused-ring (bicyclic) bond motifs is 1. The summed E-state index contributed by atoms with van der Waals surface area (Å²) in [5.74, 6) is -0.382. The average Bonchev–Trinajstić information content (AvgIpc) is 3.05. The molecule has 2 aromatic rings. The Morgan fingerprint density at radius 3 is 2.29 bits per heavy atom. The lowest BCUT2D eigenvalue weighted by Crippen LogP contribution is -2.51. The van der Waals surface area contributed by atoms with E-state index < -0.39 is 17.2 Å². The van der Waals surface area contributed by atoms with E-state index in [1.54, 1.807) is 29.2 Å². The Balaban J connectivity index is 1.37. The van der Waals surface area contributed by atoms with Crippen molar-refractivity contribution in [2.24, 2.45) is 5.41 Å². The third-order valence-electron chi connectivity index (χ3n) is 6.17. The minimum Gasteiger partial charge on any atom is -0.494 e. The largest absolute Gasteiger partial charge is 0.494 e. The number of imide groups is 1. The second kappa shape index (κ2) is 8.89. The molecule has 1 fully saturated rings. The molecule has 4 rings (SSSR count). The van der Waals surface area contributed by atoms with Crippen molar-refractivity contribution in [3.05, 3.63) is 65.7 Å². The van der Waals surface area contributed by atoms with Gasteiger partial charge in [0.15, 0.2) is 0 Å². The van der Waals surface area contributed by atoms with Crippen molar-refractivity contribution in [1.82, 2.24) is 9.80 Å². The fourth-order valence-corrected chi connectivity index (χ4v) is 4.35. The topological polar surface area (TPSA) is 87.2 Å². The maximum absolute atomic E-state index is 13.0. The lowest BCUT2D eigenvalue weighted by Gasteiger charge is -2.42.